The summed E-state index contributed by atoms with van der Waals surface area (Å²) in [6.45, 7) is 2.95. The van der Waals surface area contributed by atoms with Crippen molar-refractivity contribution < 1.29 is 34.3 Å². The first kappa shape index (κ1) is 25.0. The number of hydrogen-bond donors (Lipinski definition) is 4. The van der Waals surface area contributed by atoms with Crippen LogP contribution in [0.15, 0.2) is 21.7 Å². The fourth-order valence-electron chi connectivity index (χ4n) is 6.20. The summed E-state index contributed by atoms with van der Waals surface area (Å²) in [5, 5.41) is 35.3. The summed E-state index contributed by atoms with van der Waals surface area (Å²) in [5.74, 6) is 0.322. The Morgan fingerprint density at radius 2 is 1.23 bits per heavy atom. The quantitative estimate of drug-likeness (QED) is 0.145. The molecule has 0 fully saturated rings. The van der Waals surface area contributed by atoms with Crippen LogP contribution < -0.4 is 35.5 Å². The van der Waals surface area contributed by atoms with E-state index in [9.17, 15) is 24.9 Å². The monoisotopic (exact) mass is 533 g/mol. The molecule has 1 aliphatic heterocycles. The molecule has 6 rings (SSSR count). The summed E-state index contributed by atoms with van der Waals surface area (Å²) < 4.78 is 23.0. The molecule has 0 unspecified atom stereocenters. The van der Waals surface area contributed by atoms with E-state index in [1.165, 1.54) is 26.4 Å². The summed E-state index contributed by atoms with van der Waals surface area (Å²) in [6.07, 6.45) is -1.57. The van der Waals surface area contributed by atoms with Crippen molar-refractivity contribution in [2.45, 2.75) is 38.9 Å². The van der Waals surface area contributed by atoms with Gasteiger partial charge in [0.25, 0.3) is 0 Å². The third kappa shape index (κ3) is 3.28. The number of aliphatic hydroxyl groups is 2. The first-order valence-corrected chi connectivity index (χ1v) is 12.5. The van der Waals surface area contributed by atoms with E-state index in [0.717, 1.165) is 0 Å². The number of benzene rings is 5. The molecule has 10 heteroatoms. The molecule has 202 valence electrons. The van der Waals surface area contributed by atoms with E-state index in [4.69, 9.17) is 24.7 Å². The maximum atomic E-state index is 13.5. The number of nitrogens with two attached hydrogens (primary N) is 1. The molecule has 0 bridgehead atoms. The molecule has 1 aliphatic rings. The molecule has 5 aromatic rings. The second-order valence-corrected chi connectivity index (χ2v) is 10.0. The van der Waals surface area contributed by atoms with Gasteiger partial charge in [-0.05, 0) is 24.6 Å². The van der Waals surface area contributed by atoms with Gasteiger partial charge in [-0.15, -0.1) is 0 Å². The maximum absolute atomic E-state index is 13.5. The van der Waals surface area contributed by atoms with E-state index < -0.39 is 23.1 Å². The number of fused-ring (bicyclic) bond motifs is 1. The minimum Gasteiger partial charge on any atom is -0.504 e. The molecule has 10 nitrogen and oxygen atoms in total. The van der Waals surface area contributed by atoms with E-state index in [1.807, 2.05) is 0 Å². The highest BCUT2D eigenvalue weighted by Crippen LogP contribution is 2.55. The normalized spacial score (nSPS) is 14.6. The van der Waals surface area contributed by atoms with Crippen molar-refractivity contribution in [2.75, 3.05) is 26.7 Å². The lowest BCUT2D eigenvalue weighted by Crippen LogP contribution is -2.14. The molecular formula is C29H27NO9. The number of aromatic hydroxyl groups is 1. The van der Waals surface area contributed by atoms with Gasteiger partial charge in [-0.25, -0.2) is 0 Å². The number of nitrogen functional groups attached to an aromatic ring is 1. The van der Waals surface area contributed by atoms with Gasteiger partial charge in [0.2, 0.25) is 6.79 Å². The van der Waals surface area contributed by atoms with Gasteiger partial charge in [-0.1, -0.05) is 0 Å². The lowest BCUT2D eigenvalue weighted by Gasteiger charge is -2.25. The Bertz CT molecular complexity index is 1790. The lowest BCUT2D eigenvalue weighted by atomic mass is 9.81. The highest BCUT2D eigenvalue weighted by atomic mass is 16.7. The van der Waals surface area contributed by atoms with Crippen molar-refractivity contribution in [3.63, 3.8) is 0 Å². The van der Waals surface area contributed by atoms with E-state index in [2.05, 4.69) is 0 Å². The number of phenolic OH excluding ortho intramolecular Hbond substituents is 1. The summed E-state index contributed by atoms with van der Waals surface area (Å²) in [4.78, 5) is 27.0. The lowest BCUT2D eigenvalue weighted by molar-refractivity contribution is 0.125. The zero-order chi connectivity index (χ0) is 27.9. The summed E-state index contributed by atoms with van der Waals surface area (Å²) in [5.41, 5.74) is 6.68. The Hall–Kier alpha value is -4.28. The Balaban J connectivity index is 2.13. The number of rotatable bonds is 6. The number of hydrogen-bond acceptors (Lipinski definition) is 10. The van der Waals surface area contributed by atoms with Crippen LogP contribution in [-0.4, -0.2) is 48.5 Å². The van der Waals surface area contributed by atoms with E-state index in [0.29, 0.717) is 43.4 Å². The molecule has 5 aromatic carbocycles. The molecule has 0 radical (unpaired) electrons. The Labute approximate surface area is 221 Å². The van der Waals surface area contributed by atoms with Gasteiger partial charge in [-0.2, -0.15) is 0 Å². The third-order valence-corrected chi connectivity index (χ3v) is 7.46. The van der Waals surface area contributed by atoms with Crippen molar-refractivity contribution in [1.82, 2.24) is 0 Å². The maximum Gasteiger partial charge on any atom is 0.230 e. The Morgan fingerprint density at radius 3 is 1.72 bits per heavy atom. The van der Waals surface area contributed by atoms with E-state index in [-0.39, 0.29) is 64.8 Å². The molecule has 0 spiro atoms. The van der Waals surface area contributed by atoms with Crippen LogP contribution in [0, 0.1) is 0 Å². The van der Waals surface area contributed by atoms with Crippen LogP contribution in [-0.2, 0) is 12.8 Å². The predicted octanol–water partition coefficient (Wildman–Crippen LogP) is 2.78. The van der Waals surface area contributed by atoms with Gasteiger partial charge < -0.3 is 40.0 Å². The average Bonchev–Trinajstić information content (AvgIpc) is 3.03. The highest BCUT2D eigenvalue weighted by Gasteiger charge is 2.33. The van der Waals surface area contributed by atoms with Gasteiger partial charge in [0, 0.05) is 57.6 Å². The largest absolute Gasteiger partial charge is 0.504 e. The second-order valence-electron chi connectivity index (χ2n) is 10.0. The molecule has 39 heavy (non-hydrogen) atoms. The SMILES string of the molecule is COc1c(N)c2c(=O)cc3c4c5c(cc(=O)c6c(O)c(OC)c(C[C@@H](C)O)c(c(c1C[C@@H](C)O)c24)c65)OCO3. The molecular weight excluding hydrogens is 506 g/mol. The standard InChI is InChI=1S/C29H27NO9/c1-10(31)5-12-18-19-13(6-11(2)32)29(37-4)27(35)21-15(34)8-17-23(25(19)21)22-16(38-9-39-17)7-14(33)20(24(18)22)26(30)28(12)36-3/h7-8,10-11,31-32,35H,5-6,9,30H2,1-4H3/t10-,11-/m1/s1. The van der Waals surface area contributed by atoms with E-state index >= 15 is 0 Å². The molecule has 0 saturated carbocycles. The van der Waals surface area contributed by atoms with Crippen molar-refractivity contribution in [3.05, 3.63) is 43.7 Å². The van der Waals surface area contributed by atoms with Crippen LogP contribution >= 0.6 is 0 Å². The predicted molar refractivity (Wildman–Crippen MR) is 147 cm³/mol. The highest BCUT2D eigenvalue weighted by molar-refractivity contribution is 6.39. The first-order chi connectivity index (χ1) is 18.6. The average molecular weight is 534 g/mol. The second kappa shape index (κ2) is 8.62. The molecule has 0 saturated heterocycles. The van der Waals surface area contributed by atoms with E-state index in [1.54, 1.807) is 13.8 Å². The van der Waals surface area contributed by atoms with Gasteiger partial charge in [-0.3, -0.25) is 9.59 Å². The molecule has 1 heterocycles. The summed E-state index contributed by atoms with van der Waals surface area (Å²) in [7, 11) is 2.79. The zero-order valence-electron chi connectivity index (χ0n) is 21.8. The number of anilines is 1. The fraction of sp³-hybridized carbons (Fsp3) is 0.310. The van der Waals surface area contributed by atoms with Crippen LogP contribution in [0.1, 0.15) is 25.0 Å². The van der Waals surface area contributed by atoms with Gasteiger partial charge in [0.05, 0.1) is 42.9 Å². The van der Waals surface area contributed by atoms with Crippen LogP contribution in [0.2, 0.25) is 0 Å². The third-order valence-electron chi connectivity index (χ3n) is 7.46. The minimum atomic E-state index is -0.866. The van der Waals surface area contributed by atoms with Crippen LogP contribution in [0.25, 0.3) is 43.1 Å². The Kier molecular flexibility index (Phi) is 5.53. The fourth-order valence-corrected chi connectivity index (χ4v) is 6.20. The van der Waals surface area contributed by atoms with Gasteiger partial charge in [0.1, 0.15) is 17.2 Å². The number of ether oxygens (including phenoxy) is 4. The molecule has 0 amide bonds. The van der Waals surface area contributed by atoms with Crippen molar-refractivity contribution >= 4 is 48.8 Å². The van der Waals surface area contributed by atoms with Crippen LogP contribution in [0.4, 0.5) is 5.69 Å². The summed E-state index contributed by atoms with van der Waals surface area (Å²) in [6, 6.07) is 2.60. The minimum absolute atomic E-state index is 0.00446. The summed E-state index contributed by atoms with van der Waals surface area (Å²) >= 11 is 0. The van der Waals surface area contributed by atoms with Crippen molar-refractivity contribution in [1.29, 1.82) is 0 Å². The van der Waals surface area contributed by atoms with Crippen molar-refractivity contribution in [3.8, 4) is 28.7 Å². The first-order valence-electron chi connectivity index (χ1n) is 12.5. The topological polar surface area (TPSA) is 158 Å². The molecule has 5 N–H and O–H groups in total. The Morgan fingerprint density at radius 1 is 0.769 bits per heavy atom. The number of phenols is 1. The zero-order valence-corrected chi connectivity index (χ0v) is 21.8. The van der Waals surface area contributed by atoms with Gasteiger partial charge in [0.15, 0.2) is 22.4 Å². The molecule has 2 atom stereocenters. The van der Waals surface area contributed by atoms with Crippen molar-refractivity contribution in [2.24, 2.45) is 0 Å². The number of methoxy groups -OCH3 is 2. The molecule has 0 aromatic heterocycles. The van der Waals surface area contributed by atoms with Crippen LogP contribution in [0.5, 0.6) is 28.7 Å². The number of aliphatic hydroxyl groups excluding tert-OH is 2. The van der Waals surface area contributed by atoms with Gasteiger partial charge >= 0.3 is 0 Å². The smallest absolute Gasteiger partial charge is 0.230 e. The molecule has 0 aliphatic carbocycles. The van der Waals surface area contributed by atoms with Crippen LogP contribution in [0.3, 0.4) is 0 Å².